The lowest BCUT2D eigenvalue weighted by Gasteiger charge is -2.35. The molecule has 20 heavy (non-hydrogen) atoms. The molecule has 1 rings (SSSR count). The van der Waals surface area contributed by atoms with Crippen molar-refractivity contribution < 1.29 is 9.53 Å². The van der Waals surface area contributed by atoms with E-state index in [1.54, 1.807) is 0 Å². The van der Waals surface area contributed by atoms with Crippen LogP contribution in [0.15, 0.2) is 0 Å². The molecule has 1 saturated heterocycles. The number of piperidine rings is 1. The van der Waals surface area contributed by atoms with Crippen LogP contribution in [0.3, 0.4) is 0 Å². The van der Waals surface area contributed by atoms with Crippen LogP contribution in [0.1, 0.15) is 46.0 Å². The van der Waals surface area contributed by atoms with E-state index in [0.717, 1.165) is 19.4 Å². The van der Waals surface area contributed by atoms with Gasteiger partial charge in [0.05, 0.1) is 12.6 Å². The first kappa shape index (κ1) is 17.4. The second-order valence-electron chi connectivity index (χ2n) is 5.82. The van der Waals surface area contributed by atoms with Gasteiger partial charge in [0, 0.05) is 19.2 Å². The van der Waals surface area contributed by atoms with E-state index in [1.807, 2.05) is 13.8 Å². The predicted octanol–water partition coefficient (Wildman–Crippen LogP) is 1.12. The highest BCUT2D eigenvalue weighted by atomic mass is 16.5. The van der Waals surface area contributed by atoms with Gasteiger partial charge in [0.1, 0.15) is 0 Å². The van der Waals surface area contributed by atoms with Gasteiger partial charge in [-0.05, 0) is 52.6 Å². The first-order valence-electron chi connectivity index (χ1n) is 7.96. The highest BCUT2D eigenvalue weighted by molar-refractivity contribution is 5.78. The minimum atomic E-state index is 0.124. The van der Waals surface area contributed by atoms with Crippen LogP contribution in [0, 0.1) is 0 Å². The van der Waals surface area contributed by atoms with E-state index >= 15 is 0 Å². The largest absolute Gasteiger partial charge is 0.379 e. The number of ether oxygens (including phenoxy) is 1. The minimum absolute atomic E-state index is 0.124. The summed E-state index contributed by atoms with van der Waals surface area (Å²) in [6, 6.07) is 0.490. The van der Waals surface area contributed by atoms with Crippen LogP contribution in [0.5, 0.6) is 0 Å². The number of rotatable bonds is 9. The lowest BCUT2D eigenvalue weighted by molar-refractivity contribution is -0.123. The van der Waals surface area contributed by atoms with E-state index in [9.17, 15) is 4.79 Å². The molecule has 1 fully saturated rings. The molecule has 0 aromatic heterocycles. The van der Waals surface area contributed by atoms with Gasteiger partial charge in [0.25, 0.3) is 0 Å². The Morgan fingerprint density at radius 2 is 2.25 bits per heavy atom. The molecule has 118 valence electrons. The fourth-order valence-electron chi connectivity index (χ4n) is 2.65. The Morgan fingerprint density at radius 1 is 1.45 bits per heavy atom. The van der Waals surface area contributed by atoms with Gasteiger partial charge in [-0.15, -0.1) is 0 Å². The molecular weight excluding hydrogens is 254 g/mol. The Hall–Kier alpha value is -0.650. The summed E-state index contributed by atoms with van der Waals surface area (Å²) in [5, 5.41) is 2.97. The molecule has 1 amide bonds. The van der Waals surface area contributed by atoms with Crippen LogP contribution < -0.4 is 11.1 Å². The van der Waals surface area contributed by atoms with Gasteiger partial charge in [-0.1, -0.05) is 6.42 Å². The first-order chi connectivity index (χ1) is 9.63. The fraction of sp³-hybridized carbons (Fsp3) is 0.933. The molecule has 1 unspecified atom stereocenters. The second kappa shape index (κ2) is 10.1. The summed E-state index contributed by atoms with van der Waals surface area (Å²) in [7, 11) is 0. The van der Waals surface area contributed by atoms with Crippen molar-refractivity contribution in [1.82, 2.24) is 10.2 Å². The Kier molecular flexibility index (Phi) is 8.82. The summed E-state index contributed by atoms with van der Waals surface area (Å²) in [6.07, 6.45) is 5.75. The standard InChI is InChI=1S/C15H31N3O2/c1-13(2)20-11-5-9-17-15(19)12-18-10-4-3-6-14(18)7-8-16/h13-14H,3-12,16H2,1-2H3,(H,17,19). The number of nitrogens with zero attached hydrogens (tertiary/aromatic N) is 1. The van der Waals surface area contributed by atoms with Gasteiger partial charge in [-0.2, -0.15) is 0 Å². The number of likely N-dealkylation sites (tertiary alicyclic amines) is 1. The van der Waals surface area contributed by atoms with Gasteiger partial charge in [-0.25, -0.2) is 0 Å². The van der Waals surface area contributed by atoms with E-state index in [0.29, 0.717) is 32.3 Å². The molecule has 1 aliphatic heterocycles. The molecule has 0 aromatic carbocycles. The van der Waals surface area contributed by atoms with E-state index in [4.69, 9.17) is 10.5 Å². The summed E-state index contributed by atoms with van der Waals surface area (Å²) in [6.45, 7) is 7.68. The van der Waals surface area contributed by atoms with Crippen molar-refractivity contribution >= 4 is 5.91 Å². The average Bonchev–Trinajstić information content (AvgIpc) is 2.40. The van der Waals surface area contributed by atoms with Crippen molar-refractivity contribution in [3.63, 3.8) is 0 Å². The number of hydrogen-bond acceptors (Lipinski definition) is 4. The fourth-order valence-corrected chi connectivity index (χ4v) is 2.65. The normalized spacial score (nSPS) is 20.3. The van der Waals surface area contributed by atoms with Crippen LogP contribution in [-0.2, 0) is 9.53 Å². The maximum absolute atomic E-state index is 11.9. The highest BCUT2D eigenvalue weighted by Gasteiger charge is 2.23. The first-order valence-corrected chi connectivity index (χ1v) is 7.96. The Labute approximate surface area is 123 Å². The summed E-state index contributed by atoms with van der Waals surface area (Å²) in [5.41, 5.74) is 5.65. The van der Waals surface area contributed by atoms with Crippen molar-refractivity contribution in [2.24, 2.45) is 5.73 Å². The molecule has 1 aliphatic rings. The number of hydrogen-bond donors (Lipinski definition) is 2. The van der Waals surface area contributed by atoms with Gasteiger partial charge in [0.15, 0.2) is 0 Å². The summed E-state index contributed by atoms with van der Waals surface area (Å²) in [4.78, 5) is 14.2. The molecule has 1 heterocycles. The SMILES string of the molecule is CC(C)OCCCNC(=O)CN1CCCCC1CCN. The summed E-state index contributed by atoms with van der Waals surface area (Å²) >= 11 is 0. The molecule has 1 atom stereocenters. The van der Waals surface area contributed by atoms with E-state index < -0.39 is 0 Å². The Morgan fingerprint density at radius 3 is 2.95 bits per heavy atom. The number of nitrogens with one attached hydrogen (secondary N) is 1. The predicted molar refractivity (Wildman–Crippen MR) is 81.6 cm³/mol. The lowest BCUT2D eigenvalue weighted by Crippen LogP contribution is -2.46. The molecule has 0 aliphatic carbocycles. The van der Waals surface area contributed by atoms with Crippen molar-refractivity contribution in [2.45, 2.75) is 58.1 Å². The van der Waals surface area contributed by atoms with Gasteiger partial charge in [0.2, 0.25) is 5.91 Å². The van der Waals surface area contributed by atoms with Crippen molar-refractivity contribution in [2.75, 3.05) is 32.8 Å². The van der Waals surface area contributed by atoms with Crippen molar-refractivity contribution in [3.05, 3.63) is 0 Å². The van der Waals surface area contributed by atoms with Gasteiger partial charge < -0.3 is 15.8 Å². The monoisotopic (exact) mass is 285 g/mol. The molecule has 0 bridgehead atoms. The highest BCUT2D eigenvalue weighted by Crippen LogP contribution is 2.18. The zero-order valence-electron chi connectivity index (χ0n) is 13.1. The third-order valence-electron chi connectivity index (χ3n) is 3.69. The summed E-state index contributed by atoms with van der Waals surface area (Å²) < 4.78 is 5.45. The minimum Gasteiger partial charge on any atom is -0.379 e. The molecule has 0 saturated carbocycles. The third-order valence-corrected chi connectivity index (χ3v) is 3.69. The molecule has 3 N–H and O–H groups in total. The van der Waals surface area contributed by atoms with E-state index in [1.165, 1.54) is 19.3 Å². The van der Waals surface area contributed by atoms with Crippen LogP contribution >= 0.6 is 0 Å². The number of carbonyl (C=O) groups is 1. The van der Waals surface area contributed by atoms with Crippen LogP contribution in [0.25, 0.3) is 0 Å². The van der Waals surface area contributed by atoms with Gasteiger partial charge >= 0.3 is 0 Å². The average molecular weight is 285 g/mol. The zero-order chi connectivity index (χ0) is 14.8. The maximum atomic E-state index is 11.9. The molecule has 5 nitrogen and oxygen atoms in total. The molecule has 0 spiro atoms. The van der Waals surface area contributed by atoms with Crippen molar-refractivity contribution in [3.8, 4) is 0 Å². The topological polar surface area (TPSA) is 67.6 Å². The summed E-state index contributed by atoms with van der Waals surface area (Å²) in [5.74, 6) is 0.124. The molecule has 0 aromatic rings. The van der Waals surface area contributed by atoms with Crippen LogP contribution in [0.4, 0.5) is 0 Å². The number of nitrogens with two attached hydrogens (primary N) is 1. The quantitative estimate of drug-likeness (QED) is 0.623. The lowest BCUT2D eigenvalue weighted by atomic mass is 9.99. The number of amides is 1. The maximum Gasteiger partial charge on any atom is 0.234 e. The van der Waals surface area contributed by atoms with Crippen LogP contribution in [-0.4, -0.2) is 55.7 Å². The third kappa shape index (κ3) is 7.22. The number of carbonyl (C=O) groups excluding carboxylic acids is 1. The smallest absolute Gasteiger partial charge is 0.234 e. The van der Waals surface area contributed by atoms with Crippen LogP contribution in [0.2, 0.25) is 0 Å². The van der Waals surface area contributed by atoms with Crippen molar-refractivity contribution in [1.29, 1.82) is 0 Å². The van der Waals surface area contributed by atoms with E-state index in [-0.39, 0.29) is 12.0 Å². The Bertz CT molecular complexity index is 270. The van der Waals surface area contributed by atoms with Gasteiger partial charge in [-0.3, -0.25) is 9.69 Å². The zero-order valence-corrected chi connectivity index (χ0v) is 13.1. The molecule has 5 heteroatoms. The second-order valence-corrected chi connectivity index (χ2v) is 5.82. The molecule has 0 radical (unpaired) electrons. The molecular formula is C15H31N3O2. The Balaban J connectivity index is 2.16. The van der Waals surface area contributed by atoms with E-state index in [2.05, 4.69) is 10.2 Å².